The molecule has 1 nitrogen and oxygen atoms in total. The molecule has 0 bridgehead atoms. The van der Waals surface area contributed by atoms with E-state index in [0.29, 0.717) is 0 Å². The van der Waals surface area contributed by atoms with Crippen LogP contribution in [0.1, 0.15) is 40.5 Å². The molecule has 0 radical (unpaired) electrons. The summed E-state index contributed by atoms with van der Waals surface area (Å²) in [5.74, 6) is 4.00. The van der Waals surface area contributed by atoms with Crippen molar-refractivity contribution in [1.82, 2.24) is 4.90 Å². The van der Waals surface area contributed by atoms with Crippen molar-refractivity contribution in [1.29, 1.82) is 0 Å². The normalized spacial score (nSPS) is 38.6. The minimum atomic E-state index is 0.762. The van der Waals surface area contributed by atoms with Gasteiger partial charge in [-0.3, -0.25) is 0 Å². The van der Waals surface area contributed by atoms with E-state index in [1.807, 2.05) is 0 Å². The van der Waals surface area contributed by atoms with Gasteiger partial charge in [-0.2, -0.15) is 0 Å². The molecule has 1 aliphatic heterocycles. The maximum Gasteiger partial charge on any atom is 0.00388 e. The first-order chi connectivity index (χ1) is 6.58. The number of hydrogen-bond donors (Lipinski definition) is 0. The summed E-state index contributed by atoms with van der Waals surface area (Å²) in [5.41, 5.74) is 0. The molecule has 0 aromatic carbocycles. The zero-order valence-corrected chi connectivity index (χ0v) is 10.2. The van der Waals surface area contributed by atoms with Crippen LogP contribution < -0.4 is 0 Å². The molecule has 14 heavy (non-hydrogen) atoms. The summed E-state index contributed by atoms with van der Waals surface area (Å²) in [6.07, 6.45) is 3.01. The molecular weight excluding hydrogens is 170 g/mol. The Morgan fingerprint density at radius 2 is 1.43 bits per heavy atom. The second kappa shape index (κ2) is 3.84. The van der Waals surface area contributed by atoms with Crippen LogP contribution in [0, 0.1) is 23.7 Å². The predicted molar refractivity (Wildman–Crippen MR) is 61.3 cm³/mol. The second-order valence-electron chi connectivity index (χ2n) is 6.04. The quantitative estimate of drug-likeness (QED) is 0.654. The molecule has 1 saturated carbocycles. The molecule has 0 N–H and O–H groups in total. The summed E-state index contributed by atoms with van der Waals surface area (Å²) in [4.78, 5) is 2.67. The summed E-state index contributed by atoms with van der Waals surface area (Å²) in [5, 5.41) is 0. The van der Waals surface area contributed by atoms with Crippen molar-refractivity contribution < 1.29 is 0 Å². The Morgan fingerprint density at radius 3 is 1.79 bits per heavy atom. The van der Waals surface area contributed by atoms with Gasteiger partial charge in [0.05, 0.1) is 0 Å². The van der Waals surface area contributed by atoms with Gasteiger partial charge in [0.1, 0.15) is 0 Å². The maximum absolute atomic E-state index is 2.67. The van der Waals surface area contributed by atoms with Crippen molar-refractivity contribution in [3.63, 3.8) is 0 Å². The molecule has 0 aromatic heterocycles. The van der Waals surface area contributed by atoms with Gasteiger partial charge in [-0.25, -0.2) is 0 Å². The number of hydrogen-bond acceptors (Lipinski definition) is 1. The van der Waals surface area contributed by atoms with Gasteiger partial charge in [0, 0.05) is 19.1 Å². The summed E-state index contributed by atoms with van der Waals surface area (Å²) in [7, 11) is 0. The van der Waals surface area contributed by atoms with Gasteiger partial charge in [0.2, 0.25) is 0 Å². The number of rotatable bonds is 2. The highest BCUT2D eigenvalue weighted by Crippen LogP contribution is 2.44. The van der Waals surface area contributed by atoms with Crippen LogP contribution >= 0.6 is 0 Å². The molecule has 0 aromatic rings. The molecule has 82 valence electrons. The molecule has 0 amide bonds. The minimum absolute atomic E-state index is 0.762. The van der Waals surface area contributed by atoms with Gasteiger partial charge in [0.25, 0.3) is 0 Å². The van der Waals surface area contributed by atoms with Crippen LogP contribution in [0.3, 0.4) is 0 Å². The molecule has 0 spiro atoms. The lowest BCUT2D eigenvalue weighted by Crippen LogP contribution is -2.29. The van der Waals surface area contributed by atoms with E-state index in [1.54, 1.807) is 0 Å². The molecule has 1 saturated heterocycles. The van der Waals surface area contributed by atoms with Gasteiger partial charge in [-0.15, -0.1) is 0 Å². The van der Waals surface area contributed by atoms with Gasteiger partial charge in [-0.05, 0) is 50.4 Å². The van der Waals surface area contributed by atoms with E-state index in [-0.39, 0.29) is 0 Å². The second-order valence-corrected chi connectivity index (χ2v) is 6.04. The SMILES string of the molecule is CC(C)[C@H]1C[C@@H]2CN(C(C)C)C[C@@H]2C1. The van der Waals surface area contributed by atoms with Crippen LogP contribution in [-0.2, 0) is 0 Å². The molecule has 2 rings (SSSR count). The lowest BCUT2D eigenvalue weighted by Gasteiger charge is -2.23. The Bertz CT molecular complexity index is 163. The lowest BCUT2D eigenvalue weighted by atomic mass is 9.93. The Morgan fingerprint density at radius 1 is 0.929 bits per heavy atom. The van der Waals surface area contributed by atoms with E-state index in [9.17, 15) is 0 Å². The van der Waals surface area contributed by atoms with Crippen LogP contribution in [0.2, 0.25) is 0 Å². The summed E-state index contributed by atoms with van der Waals surface area (Å²) in [6, 6.07) is 0.762. The predicted octanol–water partition coefficient (Wildman–Crippen LogP) is 3.01. The number of likely N-dealkylation sites (tertiary alicyclic amines) is 1. The molecule has 1 heterocycles. The molecule has 3 atom stereocenters. The zero-order valence-electron chi connectivity index (χ0n) is 10.2. The fourth-order valence-corrected chi connectivity index (χ4v) is 3.35. The third-order valence-electron chi connectivity index (χ3n) is 4.49. The summed E-state index contributed by atoms with van der Waals surface area (Å²) < 4.78 is 0. The van der Waals surface area contributed by atoms with Crippen LogP contribution in [0.15, 0.2) is 0 Å². The van der Waals surface area contributed by atoms with E-state index in [1.165, 1.54) is 25.9 Å². The molecule has 2 fully saturated rings. The average Bonchev–Trinajstić information content (AvgIpc) is 2.57. The Hall–Kier alpha value is -0.0400. The van der Waals surface area contributed by atoms with E-state index >= 15 is 0 Å². The van der Waals surface area contributed by atoms with Gasteiger partial charge in [0.15, 0.2) is 0 Å². The zero-order chi connectivity index (χ0) is 10.3. The highest BCUT2D eigenvalue weighted by atomic mass is 15.2. The van der Waals surface area contributed by atoms with Gasteiger partial charge >= 0.3 is 0 Å². The van der Waals surface area contributed by atoms with Crippen molar-refractivity contribution in [2.45, 2.75) is 46.6 Å². The standard InChI is InChI=1S/C13H25N/c1-9(2)11-5-12-7-14(10(3)4)8-13(12)6-11/h9-13H,5-8H2,1-4H3/t11-,12+,13-. The first kappa shape index (κ1) is 10.5. The third-order valence-corrected chi connectivity index (χ3v) is 4.49. The van der Waals surface area contributed by atoms with E-state index in [0.717, 1.165) is 29.7 Å². The molecule has 1 aliphatic carbocycles. The van der Waals surface area contributed by atoms with Gasteiger partial charge < -0.3 is 4.90 Å². The largest absolute Gasteiger partial charge is 0.300 e. The number of nitrogens with zero attached hydrogens (tertiary/aromatic N) is 1. The van der Waals surface area contributed by atoms with Crippen LogP contribution in [0.4, 0.5) is 0 Å². The molecular formula is C13H25N. The summed E-state index contributed by atoms with van der Waals surface area (Å²) in [6.45, 7) is 12.2. The van der Waals surface area contributed by atoms with Crippen molar-refractivity contribution >= 4 is 0 Å². The molecule has 2 aliphatic rings. The third kappa shape index (κ3) is 1.84. The van der Waals surface area contributed by atoms with Gasteiger partial charge in [-0.1, -0.05) is 13.8 Å². The van der Waals surface area contributed by atoms with Crippen molar-refractivity contribution in [2.75, 3.05) is 13.1 Å². The fraction of sp³-hybridized carbons (Fsp3) is 1.00. The van der Waals surface area contributed by atoms with E-state index in [4.69, 9.17) is 0 Å². The first-order valence-electron chi connectivity index (χ1n) is 6.32. The van der Waals surface area contributed by atoms with Crippen LogP contribution in [0.5, 0.6) is 0 Å². The Labute approximate surface area is 88.9 Å². The summed E-state index contributed by atoms with van der Waals surface area (Å²) >= 11 is 0. The highest BCUT2D eigenvalue weighted by molar-refractivity contribution is 4.93. The molecule has 1 heteroatoms. The Balaban J connectivity index is 1.90. The fourth-order valence-electron chi connectivity index (χ4n) is 3.35. The highest BCUT2D eigenvalue weighted by Gasteiger charge is 2.41. The van der Waals surface area contributed by atoms with E-state index in [2.05, 4.69) is 32.6 Å². The molecule has 0 unspecified atom stereocenters. The van der Waals surface area contributed by atoms with Crippen molar-refractivity contribution in [2.24, 2.45) is 23.7 Å². The van der Waals surface area contributed by atoms with Crippen molar-refractivity contribution in [3.05, 3.63) is 0 Å². The average molecular weight is 195 g/mol. The smallest absolute Gasteiger partial charge is 0.00388 e. The topological polar surface area (TPSA) is 3.24 Å². The maximum atomic E-state index is 2.67. The minimum Gasteiger partial charge on any atom is -0.300 e. The van der Waals surface area contributed by atoms with Crippen LogP contribution in [-0.4, -0.2) is 24.0 Å². The monoisotopic (exact) mass is 195 g/mol. The lowest BCUT2D eigenvalue weighted by molar-refractivity contribution is 0.236. The first-order valence-corrected chi connectivity index (χ1v) is 6.32. The van der Waals surface area contributed by atoms with E-state index < -0.39 is 0 Å². The van der Waals surface area contributed by atoms with Crippen molar-refractivity contribution in [3.8, 4) is 0 Å². The van der Waals surface area contributed by atoms with Crippen LogP contribution in [0.25, 0.3) is 0 Å². The Kier molecular flexibility index (Phi) is 2.88. The number of fused-ring (bicyclic) bond motifs is 1.